The highest BCUT2D eigenvalue weighted by Crippen LogP contribution is 2.27. The largest absolute Gasteiger partial charge is 0.394 e. The summed E-state index contributed by atoms with van der Waals surface area (Å²) in [6.07, 6.45) is 0. The number of nitrogens with two attached hydrogens (primary N) is 1. The van der Waals surface area contributed by atoms with Crippen LogP contribution in [0.25, 0.3) is 0 Å². The van der Waals surface area contributed by atoms with Crippen molar-refractivity contribution in [3.63, 3.8) is 0 Å². The lowest BCUT2D eigenvalue weighted by molar-refractivity contribution is 0.0470. The molecule has 0 spiro atoms. The Balaban J connectivity index is 2.99. The fourth-order valence-corrected chi connectivity index (χ4v) is 2.18. The fourth-order valence-electron chi connectivity index (χ4n) is 1.77. The van der Waals surface area contributed by atoms with Gasteiger partial charge in [-0.25, -0.2) is 0 Å². The van der Waals surface area contributed by atoms with Crippen molar-refractivity contribution < 1.29 is 5.11 Å². The third-order valence-corrected chi connectivity index (χ3v) is 3.76. The number of halogens is 1. The Hall–Kier alpha value is -0.420. The van der Waals surface area contributed by atoms with E-state index >= 15 is 0 Å². The number of benzene rings is 1. The van der Waals surface area contributed by atoms with Gasteiger partial charge in [0.15, 0.2) is 0 Å². The van der Waals surface area contributed by atoms with Crippen LogP contribution >= 0.6 is 15.9 Å². The maximum atomic E-state index is 9.42. The van der Waals surface area contributed by atoms with Gasteiger partial charge in [0.2, 0.25) is 0 Å². The molecule has 0 heterocycles. The molecule has 3 N–H and O–H groups in total. The molecule has 1 aromatic carbocycles. The molecule has 0 aliphatic carbocycles. The first-order chi connectivity index (χ1) is 7.92. The summed E-state index contributed by atoms with van der Waals surface area (Å²) < 4.78 is 1.05. The third-order valence-electron chi connectivity index (χ3n) is 3.27. The molecule has 0 bridgehead atoms. The third kappa shape index (κ3) is 3.52. The van der Waals surface area contributed by atoms with E-state index < -0.39 is 0 Å². The normalized spacial score (nSPS) is 14.1. The van der Waals surface area contributed by atoms with Gasteiger partial charge in [-0.1, -0.05) is 28.1 Å². The minimum atomic E-state index is -0.285. The van der Waals surface area contributed by atoms with E-state index in [-0.39, 0.29) is 18.2 Å². The molecule has 0 aromatic heterocycles. The maximum absolute atomic E-state index is 9.42. The Kier molecular flexibility index (Phi) is 5.13. The first-order valence-corrected chi connectivity index (χ1v) is 6.51. The van der Waals surface area contributed by atoms with E-state index in [9.17, 15) is 5.11 Å². The smallest absolute Gasteiger partial charge is 0.0610 e. The molecule has 1 rings (SSSR count). The number of nitrogens with zero attached hydrogens (tertiary/aromatic N) is 1. The first-order valence-electron chi connectivity index (χ1n) is 5.71. The topological polar surface area (TPSA) is 49.5 Å². The van der Waals surface area contributed by atoms with Crippen LogP contribution < -0.4 is 5.73 Å². The molecule has 1 unspecified atom stereocenters. The maximum Gasteiger partial charge on any atom is 0.0610 e. The summed E-state index contributed by atoms with van der Waals surface area (Å²) in [6, 6.07) is 8.23. The average Bonchev–Trinajstić information content (AvgIpc) is 2.30. The van der Waals surface area contributed by atoms with E-state index in [1.165, 1.54) is 0 Å². The summed E-state index contributed by atoms with van der Waals surface area (Å²) >= 11 is 3.47. The summed E-state index contributed by atoms with van der Waals surface area (Å²) in [4.78, 5) is 2.12. The van der Waals surface area contributed by atoms with Gasteiger partial charge in [-0.15, -0.1) is 0 Å². The minimum absolute atomic E-state index is 0.105. The van der Waals surface area contributed by atoms with Crippen molar-refractivity contribution in [2.45, 2.75) is 25.4 Å². The number of likely N-dealkylation sites (N-methyl/N-ethyl adjacent to an activating group) is 1. The quantitative estimate of drug-likeness (QED) is 0.876. The van der Waals surface area contributed by atoms with E-state index in [1.807, 2.05) is 33.0 Å². The Morgan fingerprint density at radius 3 is 2.59 bits per heavy atom. The summed E-state index contributed by atoms with van der Waals surface area (Å²) in [5, 5.41) is 9.42. The first kappa shape index (κ1) is 14.6. The van der Waals surface area contributed by atoms with E-state index in [2.05, 4.69) is 33.0 Å². The van der Waals surface area contributed by atoms with Crippen molar-refractivity contribution in [1.29, 1.82) is 0 Å². The van der Waals surface area contributed by atoms with Gasteiger partial charge in [0.1, 0.15) is 0 Å². The second-order valence-electron chi connectivity index (χ2n) is 4.89. The van der Waals surface area contributed by atoms with E-state index in [1.54, 1.807) is 0 Å². The zero-order valence-corrected chi connectivity index (χ0v) is 12.2. The highest BCUT2D eigenvalue weighted by Gasteiger charge is 2.29. The van der Waals surface area contributed by atoms with Gasteiger partial charge < -0.3 is 10.8 Å². The highest BCUT2D eigenvalue weighted by atomic mass is 79.9. The zero-order valence-electron chi connectivity index (χ0n) is 10.7. The molecule has 0 aliphatic heterocycles. The highest BCUT2D eigenvalue weighted by molar-refractivity contribution is 9.10. The number of rotatable bonds is 5. The van der Waals surface area contributed by atoms with Crippen LogP contribution in [0.1, 0.15) is 25.5 Å². The molecule has 3 nitrogen and oxygen atoms in total. The SMILES string of the molecule is CN(C(CN)c1cccc(Br)c1)C(C)(C)CO. The molecular weight excluding hydrogens is 280 g/mol. The van der Waals surface area contributed by atoms with Crippen molar-refractivity contribution in [3.05, 3.63) is 34.3 Å². The monoisotopic (exact) mass is 300 g/mol. The summed E-state index contributed by atoms with van der Waals surface area (Å²) in [5.74, 6) is 0. The number of hydrogen-bond acceptors (Lipinski definition) is 3. The lowest BCUT2D eigenvalue weighted by atomic mass is 9.98. The van der Waals surface area contributed by atoms with Crippen LogP contribution in [0.5, 0.6) is 0 Å². The summed E-state index contributed by atoms with van der Waals surface area (Å²) in [6.45, 7) is 4.64. The second-order valence-corrected chi connectivity index (χ2v) is 5.80. The van der Waals surface area contributed by atoms with Gasteiger partial charge in [0.25, 0.3) is 0 Å². The molecule has 1 aromatic rings. The van der Waals surface area contributed by atoms with Crippen LogP contribution in [0, 0.1) is 0 Å². The Labute approximate surface area is 112 Å². The molecule has 0 saturated carbocycles. The van der Waals surface area contributed by atoms with Crippen LogP contribution in [0.4, 0.5) is 0 Å². The van der Waals surface area contributed by atoms with E-state index in [4.69, 9.17) is 5.73 Å². The number of aliphatic hydroxyl groups is 1. The average molecular weight is 301 g/mol. The van der Waals surface area contributed by atoms with E-state index in [0.717, 1.165) is 10.0 Å². The molecular formula is C13H21BrN2O. The number of aliphatic hydroxyl groups excluding tert-OH is 1. The van der Waals surface area contributed by atoms with Crippen molar-refractivity contribution >= 4 is 15.9 Å². The van der Waals surface area contributed by atoms with Crippen LogP contribution in [-0.4, -0.2) is 35.7 Å². The van der Waals surface area contributed by atoms with Gasteiger partial charge in [-0.3, -0.25) is 4.90 Å². The van der Waals surface area contributed by atoms with Gasteiger partial charge in [-0.2, -0.15) is 0 Å². The van der Waals surface area contributed by atoms with Crippen molar-refractivity contribution in [3.8, 4) is 0 Å². The molecule has 1 atom stereocenters. The molecule has 0 saturated heterocycles. The van der Waals surface area contributed by atoms with Crippen molar-refractivity contribution in [1.82, 2.24) is 4.90 Å². The Bertz CT molecular complexity index is 368. The standard InChI is InChI=1S/C13H21BrN2O/c1-13(2,9-17)16(3)12(8-15)10-5-4-6-11(14)7-10/h4-7,12,17H,8-9,15H2,1-3H3. The van der Waals surface area contributed by atoms with Crippen LogP contribution in [0.3, 0.4) is 0 Å². The Morgan fingerprint density at radius 2 is 2.12 bits per heavy atom. The zero-order chi connectivity index (χ0) is 13.1. The number of hydrogen-bond donors (Lipinski definition) is 2. The van der Waals surface area contributed by atoms with Crippen molar-refractivity contribution in [2.75, 3.05) is 20.2 Å². The summed E-state index contributed by atoms with van der Waals surface area (Å²) in [7, 11) is 1.99. The van der Waals surface area contributed by atoms with Gasteiger partial charge in [0.05, 0.1) is 6.61 Å². The molecule has 0 amide bonds. The molecule has 0 radical (unpaired) electrons. The Morgan fingerprint density at radius 1 is 1.47 bits per heavy atom. The van der Waals surface area contributed by atoms with Crippen LogP contribution in [0.2, 0.25) is 0 Å². The molecule has 0 fully saturated rings. The van der Waals surface area contributed by atoms with Crippen molar-refractivity contribution in [2.24, 2.45) is 5.73 Å². The van der Waals surface area contributed by atoms with Gasteiger partial charge in [-0.05, 0) is 38.6 Å². The summed E-state index contributed by atoms with van der Waals surface area (Å²) in [5.41, 5.74) is 6.74. The predicted octanol–water partition coefficient (Wildman–Crippen LogP) is 2.15. The van der Waals surface area contributed by atoms with E-state index in [0.29, 0.717) is 6.54 Å². The van der Waals surface area contributed by atoms with Crippen LogP contribution in [-0.2, 0) is 0 Å². The van der Waals surface area contributed by atoms with Gasteiger partial charge >= 0.3 is 0 Å². The molecule has 0 aliphatic rings. The molecule has 96 valence electrons. The molecule has 17 heavy (non-hydrogen) atoms. The minimum Gasteiger partial charge on any atom is -0.394 e. The lowest BCUT2D eigenvalue weighted by Crippen LogP contribution is -2.48. The predicted molar refractivity (Wildman–Crippen MR) is 74.9 cm³/mol. The molecule has 4 heteroatoms. The second kappa shape index (κ2) is 5.96. The van der Waals surface area contributed by atoms with Gasteiger partial charge in [0, 0.05) is 22.6 Å². The fraction of sp³-hybridized carbons (Fsp3) is 0.538. The lowest BCUT2D eigenvalue weighted by Gasteiger charge is -2.39. The van der Waals surface area contributed by atoms with Crippen LogP contribution in [0.15, 0.2) is 28.7 Å².